The minimum absolute atomic E-state index is 0.0616. The van der Waals surface area contributed by atoms with E-state index in [1.165, 1.54) is 4.90 Å². The lowest BCUT2D eigenvalue weighted by Gasteiger charge is -2.19. The van der Waals surface area contributed by atoms with E-state index in [1.807, 2.05) is 19.1 Å². The van der Waals surface area contributed by atoms with Crippen LogP contribution in [0.5, 0.6) is 0 Å². The van der Waals surface area contributed by atoms with E-state index < -0.39 is 0 Å². The number of amides is 2. The van der Waals surface area contributed by atoms with Crippen LogP contribution >= 0.6 is 11.6 Å². The Morgan fingerprint density at radius 3 is 3.00 bits per heavy atom. The molecular weight excluding hydrogens is 320 g/mol. The third kappa shape index (κ3) is 4.94. The highest BCUT2D eigenvalue weighted by atomic mass is 35.5. The molecule has 0 saturated heterocycles. The first-order valence-electron chi connectivity index (χ1n) is 7.36. The van der Waals surface area contributed by atoms with Gasteiger partial charge in [0, 0.05) is 36.6 Å². The Kier molecular flexibility index (Phi) is 6.37. The molecule has 23 heavy (non-hydrogen) atoms. The Hall–Kier alpha value is -2.12. The maximum atomic E-state index is 11.8. The van der Waals surface area contributed by atoms with Gasteiger partial charge in [0.15, 0.2) is 0 Å². The van der Waals surface area contributed by atoms with Crippen molar-refractivity contribution in [3.63, 3.8) is 0 Å². The van der Waals surface area contributed by atoms with Gasteiger partial charge in [-0.1, -0.05) is 28.9 Å². The Balaban J connectivity index is 1.87. The van der Waals surface area contributed by atoms with Gasteiger partial charge in [0.05, 0.1) is 6.61 Å². The Bertz CT molecular complexity index is 647. The maximum absolute atomic E-state index is 11.8. The fraction of sp³-hybridized carbons (Fsp3) is 0.400. The number of halogens is 1. The highest BCUT2D eigenvalue weighted by molar-refractivity contribution is 6.30. The summed E-state index contributed by atoms with van der Waals surface area (Å²) in [4.78, 5) is 17.6. The fourth-order valence-electron chi connectivity index (χ4n) is 2.01. The molecule has 0 aliphatic heterocycles. The summed E-state index contributed by atoms with van der Waals surface area (Å²) in [6, 6.07) is 6.96. The van der Waals surface area contributed by atoms with Crippen LogP contribution in [0.15, 0.2) is 28.8 Å². The molecule has 0 unspecified atom stereocenters. The second-order valence-corrected chi connectivity index (χ2v) is 5.24. The number of carbonyl (C=O) groups excluding carboxylic acids is 1. The van der Waals surface area contributed by atoms with Gasteiger partial charge in [-0.2, -0.15) is 4.98 Å². The number of likely N-dealkylation sites (N-methyl/N-ethyl adjacent to an activating group) is 1. The quantitative estimate of drug-likeness (QED) is 0.805. The molecule has 1 aromatic heterocycles. The predicted octanol–water partition coefficient (Wildman–Crippen LogP) is 1.96. The predicted molar refractivity (Wildman–Crippen MR) is 86.2 cm³/mol. The number of aromatic nitrogens is 2. The van der Waals surface area contributed by atoms with Gasteiger partial charge in [0.1, 0.15) is 0 Å². The Labute approximate surface area is 139 Å². The third-order valence-corrected chi connectivity index (χ3v) is 3.44. The van der Waals surface area contributed by atoms with Crippen molar-refractivity contribution in [2.75, 3.05) is 26.2 Å². The lowest BCUT2D eigenvalue weighted by molar-refractivity contribution is 0.180. The zero-order valence-electron chi connectivity index (χ0n) is 12.8. The summed E-state index contributed by atoms with van der Waals surface area (Å²) in [5.41, 5.74) is 0.775. The van der Waals surface area contributed by atoms with E-state index in [1.54, 1.807) is 12.1 Å². The smallest absolute Gasteiger partial charge is 0.317 e. The molecular formula is C15H19ClN4O3. The van der Waals surface area contributed by atoms with E-state index >= 15 is 0 Å². The second kappa shape index (κ2) is 8.50. The molecule has 0 radical (unpaired) electrons. The standard InChI is InChI=1S/C15H19ClN4O3/c1-2-20(8-9-21)15(22)17-7-6-13-18-14(19-23-13)11-4-3-5-12(16)10-11/h3-5,10,21H,2,6-9H2,1H3,(H,17,22). The summed E-state index contributed by atoms with van der Waals surface area (Å²) in [5, 5.41) is 16.1. The lowest BCUT2D eigenvalue weighted by atomic mass is 10.2. The summed E-state index contributed by atoms with van der Waals surface area (Å²) in [7, 11) is 0. The lowest BCUT2D eigenvalue weighted by Crippen LogP contribution is -2.42. The molecule has 124 valence electrons. The molecule has 2 amide bonds. The second-order valence-electron chi connectivity index (χ2n) is 4.81. The molecule has 1 heterocycles. The molecule has 0 aliphatic rings. The number of hydrogen-bond acceptors (Lipinski definition) is 5. The largest absolute Gasteiger partial charge is 0.395 e. The van der Waals surface area contributed by atoms with Crippen LogP contribution in [0, 0.1) is 0 Å². The highest BCUT2D eigenvalue weighted by Crippen LogP contribution is 2.19. The Morgan fingerprint density at radius 2 is 2.30 bits per heavy atom. The van der Waals surface area contributed by atoms with Gasteiger partial charge in [-0.3, -0.25) is 0 Å². The zero-order valence-corrected chi connectivity index (χ0v) is 13.6. The summed E-state index contributed by atoms with van der Waals surface area (Å²) >= 11 is 5.93. The maximum Gasteiger partial charge on any atom is 0.317 e. The molecule has 0 bridgehead atoms. The molecule has 2 rings (SSSR count). The third-order valence-electron chi connectivity index (χ3n) is 3.20. The number of urea groups is 1. The van der Waals surface area contributed by atoms with E-state index in [4.69, 9.17) is 21.2 Å². The number of nitrogens with one attached hydrogen (secondary N) is 1. The van der Waals surface area contributed by atoms with Gasteiger partial charge >= 0.3 is 6.03 Å². The first-order valence-corrected chi connectivity index (χ1v) is 7.74. The van der Waals surface area contributed by atoms with Crippen LogP contribution in [-0.2, 0) is 6.42 Å². The molecule has 0 spiro atoms. The van der Waals surface area contributed by atoms with Crippen molar-refractivity contribution < 1.29 is 14.4 Å². The summed E-state index contributed by atoms with van der Waals surface area (Å²) in [5.74, 6) is 0.898. The molecule has 0 fully saturated rings. The van der Waals surface area contributed by atoms with Gasteiger partial charge in [-0.05, 0) is 19.1 Å². The van der Waals surface area contributed by atoms with Crippen molar-refractivity contribution in [2.45, 2.75) is 13.3 Å². The van der Waals surface area contributed by atoms with E-state index in [2.05, 4.69) is 15.5 Å². The van der Waals surface area contributed by atoms with E-state index in [-0.39, 0.29) is 12.6 Å². The number of benzene rings is 1. The summed E-state index contributed by atoms with van der Waals surface area (Å²) in [6.07, 6.45) is 0.427. The molecule has 0 aliphatic carbocycles. The van der Waals surface area contributed by atoms with Crippen LogP contribution in [0.3, 0.4) is 0 Å². The molecule has 2 aromatic rings. The number of rotatable bonds is 7. The Morgan fingerprint density at radius 1 is 1.48 bits per heavy atom. The first-order chi connectivity index (χ1) is 11.1. The monoisotopic (exact) mass is 338 g/mol. The minimum atomic E-state index is -0.226. The topological polar surface area (TPSA) is 91.5 Å². The number of aliphatic hydroxyl groups excluding tert-OH is 1. The van der Waals surface area contributed by atoms with Crippen molar-refractivity contribution in [3.8, 4) is 11.4 Å². The fourth-order valence-corrected chi connectivity index (χ4v) is 2.20. The van der Waals surface area contributed by atoms with Crippen LogP contribution in [0.25, 0.3) is 11.4 Å². The normalized spacial score (nSPS) is 10.6. The van der Waals surface area contributed by atoms with E-state index in [0.717, 1.165) is 5.56 Å². The van der Waals surface area contributed by atoms with Crippen molar-refractivity contribution in [1.29, 1.82) is 0 Å². The molecule has 7 nitrogen and oxygen atoms in total. The van der Waals surface area contributed by atoms with Gasteiger partial charge in [-0.15, -0.1) is 0 Å². The first kappa shape index (κ1) is 17.2. The molecule has 2 N–H and O–H groups in total. The van der Waals surface area contributed by atoms with Gasteiger partial charge in [0.2, 0.25) is 11.7 Å². The van der Waals surface area contributed by atoms with Crippen molar-refractivity contribution in [3.05, 3.63) is 35.2 Å². The zero-order chi connectivity index (χ0) is 16.7. The molecule has 1 aromatic carbocycles. The van der Waals surface area contributed by atoms with Crippen molar-refractivity contribution >= 4 is 17.6 Å². The number of nitrogens with zero attached hydrogens (tertiary/aromatic N) is 3. The average Bonchev–Trinajstić information content (AvgIpc) is 3.01. The van der Waals surface area contributed by atoms with Crippen molar-refractivity contribution in [1.82, 2.24) is 20.4 Å². The van der Waals surface area contributed by atoms with Crippen molar-refractivity contribution in [2.24, 2.45) is 0 Å². The van der Waals surface area contributed by atoms with Gasteiger partial charge in [0.25, 0.3) is 0 Å². The van der Waals surface area contributed by atoms with E-state index in [0.29, 0.717) is 42.8 Å². The van der Waals surface area contributed by atoms with Crippen LogP contribution in [-0.4, -0.2) is 52.4 Å². The highest BCUT2D eigenvalue weighted by Gasteiger charge is 2.12. The summed E-state index contributed by atoms with van der Waals surface area (Å²) in [6.45, 7) is 3.00. The molecule has 8 heteroatoms. The average molecular weight is 339 g/mol. The van der Waals surface area contributed by atoms with Crippen LogP contribution < -0.4 is 5.32 Å². The summed E-state index contributed by atoms with van der Waals surface area (Å²) < 4.78 is 5.17. The van der Waals surface area contributed by atoms with Gasteiger partial charge in [-0.25, -0.2) is 4.79 Å². The van der Waals surface area contributed by atoms with Crippen LogP contribution in [0.1, 0.15) is 12.8 Å². The minimum Gasteiger partial charge on any atom is -0.395 e. The number of aliphatic hydroxyl groups is 1. The SMILES string of the molecule is CCN(CCO)C(=O)NCCc1nc(-c2cccc(Cl)c2)no1. The van der Waals surface area contributed by atoms with Crippen LogP contribution in [0.2, 0.25) is 5.02 Å². The van der Waals surface area contributed by atoms with E-state index in [9.17, 15) is 4.79 Å². The van der Waals surface area contributed by atoms with Gasteiger partial charge < -0.3 is 19.8 Å². The molecule has 0 saturated carbocycles. The van der Waals surface area contributed by atoms with Crippen LogP contribution in [0.4, 0.5) is 4.79 Å². The number of hydrogen-bond donors (Lipinski definition) is 2. The number of carbonyl (C=O) groups is 1. The molecule has 0 atom stereocenters.